The minimum Gasteiger partial charge on any atom is -0.497 e. The van der Waals surface area contributed by atoms with E-state index in [4.69, 9.17) is 4.74 Å². The standard InChI is InChI=1S/C19H29F3N4O/c1-23-18(24-11-10-19(20,21)22)25-13-15-5-4-12-26(2)17(15)14-6-8-16(27-3)9-7-14/h6-9,15,17H,4-5,10-13H2,1-3H3,(H2,23,24,25). The number of alkyl halides is 3. The highest BCUT2D eigenvalue weighted by Crippen LogP contribution is 2.35. The van der Waals surface area contributed by atoms with Gasteiger partial charge in [0.2, 0.25) is 0 Å². The molecule has 1 saturated heterocycles. The van der Waals surface area contributed by atoms with Crippen molar-refractivity contribution in [3.8, 4) is 5.75 Å². The van der Waals surface area contributed by atoms with Crippen molar-refractivity contribution < 1.29 is 17.9 Å². The number of ether oxygens (including phenoxy) is 1. The van der Waals surface area contributed by atoms with Crippen LogP contribution in [-0.4, -0.2) is 57.9 Å². The zero-order valence-electron chi connectivity index (χ0n) is 16.1. The smallest absolute Gasteiger partial charge is 0.390 e. The molecule has 2 rings (SSSR count). The molecular weight excluding hydrogens is 357 g/mol. The van der Waals surface area contributed by atoms with Gasteiger partial charge in [-0.15, -0.1) is 0 Å². The maximum absolute atomic E-state index is 12.3. The van der Waals surface area contributed by atoms with E-state index in [2.05, 4.69) is 39.7 Å². The predicted molar refractivity (Wildman–Crippen MR) is 101 cm³/mol. The Hall–Kier alpha value is -1.96. The molecule has 27 heavy (non-hydrogen) atoms. The van der Waals surface area contributed by atoms with Crippen molar-refractivity contribution in [2.45, 2.75) is 31.5 Å². The Bertz CT molecular complexity index is 604. The van der Waals surface area contributed by atoms with Gasteiger partial charge in [-0.2, -0.15) is 13.2 Å². The third-order valence-corrected chi connectivity index (χ3v) is 4.92. The minimum atomic E-state index is -4.17. The molecule has 1 aromatic rings. The molecular formula is C19H29F3N4O. The molecule has 2 unspecified atom stereocenters. The topological polar surface area (TPSA) is 48.9 Å². The summed E-state index contributed by atoms with van der Waals surface area (Å²) in [6, 6.07) is 8.31. The van der Waals surface area contributed by atoms with Gasteiger partial charge in [0.25, 0.3) is 0 Å². The fourth-order valence-corrected chi connectivity index (χ4v) is 3.57. The van der Waals surface area contributed by atoms with Crippen molar-refractivity contribution in [3.05, 3.63) is 29.8 Å². The van der Waals surface area contributed by atoms with E-state index in [1.165, 1.54) is 5.56 Å². The van der Waals surface area contributed by atoms with Crippen LogP contribution in [0.3, 0.4) is 0 Å². The van der Waals surface area contributed by atoms with E-state index >= 15 is 0 Å². The summed E-state index contributed by atoms with van der Waals surface area (Å²) in [6.45, 7) is 1.48. The highest BCUT2D eigenvalue weighted by atomic mass is 19.4. The summed E-state index contributed by atoms with van der Waals surface area (Å²) in [4.78, 5) is 6.36. The second-order valence-electron chi connectivity index (χ2n) is 6.85. The Morgan fingerprint density at radius 1 is 1.26 bits per heavy atom. The van der Waals surface area contributed by atoms with Gasteiger partial charge in [-0.3, -0.25) is 9.89 Å². The first-order valence-electron chi connectivity index (χ1n) is 9.19. The molecule has 1 heterocycles. The first-order valence-corrected chi connectivity index (χ1v) is 9.19. The molecule has 0 bridgehead atoms. The average Bonchev–Trinajstić information content (AvgIpc) is 2.64. The van der Waals surface area contributed by atoms with Crippen LogP contribution in [0.25, 0.3) is 0 Å². The lowest BCUT2D eigenvalue weighted by molar-refractivity contribution is -0.132. The van der Waals surface area contributed by atoms with Crippen LogP contribution in [0.5, 0.6) is 5.75 Å². The summed E-state index contributed by atoms with van der Waals surface area (Å²) in [5.41, 5.74) is 1.21. The molecule has 1 aliphatic rings. The second kappa shape index (κ2) is 9.82. The van der Waals surface area contributed by atoms with E-state index in [9.17, 15) is 13.2 Å². The van der Waals surface area contributed by atoms with Crippen LogP contribution in [0.1, 0.15) is 30.9 Å². The van der Waals surface area contributed by atoms with Crippen LogP contribution in [-0.2, 0) is 0 Å². The normalized spacial score (nSPS) is 21.8. The first-order chi connectivity index (χ1) is 12.8. The van der Waals surface area contributed by atoms with Crippen LogP contribution in [0, 0.1) is 5.92 Å². The third kappa shape index (κ3) is 6.61. The predicted octanol–water partition coefficient (Wildman–Crippen LogP) is 3.20. The highest BCUT2D eigenvalue weighted by molar-refractivity contribution is 5.79. The summed E-state index contributed by atoms with van der Waals surface area (Å²) >= 11 is 0. The van der Waals surface area contributed by atoms with Crippen LogP contribution >= 0.6 is 0 Å². The quantitative estimate of drug-likeness (QED) is 0.582. The number of aliphatic imine (C=N–C) groups is 1. The van der Waals surface area contributed by atoms with E-state index in [1.54, 1.807) is 14.2 Å². The maximum atomic E-state index is 12.3. The number of methoxy groups -OCH3 is 1. The van der Waals surface area contributed by atoms with E-state index in [1.807, 2.05) is 12.1 Å². The fraction of sp³-hybridized carbons (Fsp3) is 0.632. The largest absolute Gasteiger partial charge is 0.497 e. The second-order valence-corrected chi connectivity index (χ2v) is 6.85. The van der Waals surface area contributed by atoms with Crippen LogP contribution in [0.4, 0.5) is 13.2 Å². The number of rotatable bonds is 6. The summed E-state index contributed by atoms with van der Waals surface area (Å²) in [6.07, 6.45) is -2.91. The number of hydrogen-bond donors (Lipinski definition) is 2. The van der Waals surface area contributed by atoms with Crippen LogP contribution in [0.15, 0.2) is 29.3 Å². The number of nitrogens with zero attached hydrogens (tertiary/aromatic N) is 2. The number of likely N-dealkylation sites (tertiary alicyclic amines) is 1. The van der Waals surface area contributed by atoms with Crippen LogP contribution < -0.4 is 15.4 Å². The Labute approximate surface area is 159 Å². The number of guanidine groups is 1. The lowest BCUT2D eigenvalue weighted by Gasteiger charge is -2.40. The zero-order valence-corrected chi connectivity index (χ0v) is 16.1. The van der Waals surface area contributed by atoms with Crippen molar-refractivity contribution >= 4 is 5.96 Å². The van der Waals surface area contributed by atoms with E-state index in [0.717, 1.165) is 25.1 Å². The Kier molecular flexibility index (Phi) is 7.77. The summed E-state index contributed by atoms with van der Waals surface area (Å²) in [7, 11) is 5.32. The van der Waals surface area contributed by atoms with Crippen molar-refractivity contribution in [1.82, 2.24) is 15.5 Å². The molecule has 1 aliphatic heterocycles. The van der Waals surface area contributed by atoms with Crippen molar-refractivity contribution in [2.75, 3.05) is 40.8 Å². The first kappa shape index (κ1) is 21.3. The molecule has 152 valence electrons. The van der Waals surface area contributed by atoms with Gasteiger partial charge in [0.15, 0.2) is 5.96 Å². The van der Waals surface area contributed by atoms with Crippen molar-refractivity contribution in [3.63, 3.8) is 0 Å². The van der Waals surface area contributed by atoms with Gasteiger partial charge in [-0.25, -0.2) is 0 Å². The average molecular weight is 386 g/mol. The lowest BCUT2D eigenvalue weighted by Crippen LogP contribution is -2.45. The fourth-order valence-electron chi connectivity index (χ4n) is 3.57. The van der Waals surface area contributed by atoms with E-state index in [0.29, 0.717) is 18.4 Å². The van der Waals surface area contributed by atoms with Gasteiger partial charge in [-0.1, -0.05) is 12.1 Å². The molecule has 0 aliphatic carbocycles. The molecule has 2 N–H and O–H groups in total. The van der Waals surface area contributed by atoms with Gasteiger partial charge >= 0.3 is 6.18 Å². The minimum absolute atomic E-state index is 0.185. The van der Waals surface area contributed by atoms with Gasteiger partial charge in [0, 0.05) is 26.2 Å². The number of piperidine rings is 1. The molecule has 0 saturated carbocycles. The van der Waals surface area contributed by atoms with Gasteiger partial charge < -0.3 is 15.4 Å². The molecule has 0 spiro atoms. The van der Waals surface area contributed by atoms with Gasteiger partial charge in [0.1, 0.15) is 5.75 Å². The molecule has 0 amide bonds. The Morgan fingerprint density at radius 2 is 1.96 bits per heavy atom. The molecule has 0 radical (unpaired) electrons. The van der Waals surface area contributed by atoms with E-state index < -0.39 is 12.6 Å². The van der Waals surface area contributed by atoms with Crippen LogP contribution in [0.2, 0.25) is 0 Å². The molecule has 2 atom stereocenters. The number of benzene rings is 1. The van der Waals surface area contributed by atoms with E-state index in [-0.39, 0.29) is 12.6 Å². The molecule has 5 nitrogen and oxygen atoms in total. The lowest BCUT2D eigenvalue weighted by atomic mass is 9.85. The van der Waals surface area contributed by atoms with Gasteiger partial charge in [-0.05, 0) is 50.0 Å². The monoisotopic (exact) mass is 386 g/mol. The summed E-state index contributed by atoms with van der Waals surface area (Å²) < 4.78 is 42.2. The highest BCUT2D eigenvalue weighted by Gasteiger charge is 2.31. The number of halogens is 3. The number of nitrogens with one attached hydrogen (secondary N) is 2. The maximum Gasteiger partial charge on any atom is 0.390 e. The molecule has 1 fully saturated rings. The summed E-state index contributed by atoms with van der Waals surface area (Å²) in [5.74, 6) is 1.56. The third-order valence-electron chi connectivity index (χ3n) is 4.92. The Morgan fingerprint density at radius 3 is 2.56 bits per heavy atom. The molecule has 1 aromatic carbocycles. The van der Waals surface area contributed by atoms with Crippen molar-refractivity contribution in [1.29, 1.82) is 0 Å². The number of hydrogen-bond acceptors (Lipinski definition) is 3. The summed E-state index contributed by atoms with van der Waals surface area (Å²) in [5, 5.41) is 5.92. The Balaban J connectivity index is 1.97. The zero-order chi connectivity index (χ0) is 19.9. The molecule has 8 heteroatoms. The SMILES string of the molecule is CN=C(NCCC(F)(F)F)NCC1CCCN(C)C1c1ccc(OC)cc1. The molecule has 0 aromatic heterocycles. The van der Waals surface area contributed by atoms with Crippen molar-refractivity contribution in [2.24, 2.45) is 10.9 Å². The van der Waals surface area contributed by atoms with Gasteiger partial charge in [0.05, 0.1) is 13.5 Å².